The van der Waals surface area contributed by atoms with Gasteiger partial charge in [-0.3, -0.25) is 4.79 Å². The van der Waals surface area contributed by atoms with E-state index in [1.54, 1.807) is 14.2 Å². The summed E-state index contributed by atoms with van der Waals surface area (Å²) in [7, 11) is 3.28. The summed E-state index contributed by atoms with van der Waals surface area (Å²) < 4.78 is 6.89. The predicted molar refractivity (Wildman–Crippen MR) is 74.5 cm³/mol. The van der Waals surface area contributed by atoms with Crippen molar-refractivity contribution in [3.8, 4) is 11.8 Å². The zero-order chi connectivity index (χ0) is 14.0. The van der Waals surface area contributed by atoms with Crippen LogP contribution in [0.1, 0.15) is 24.5 Å². The van der Waals surface area contributed by atoms with Gasteiger partial charge in [0.25, 0.3) is 5.56 Å². The molecule has 0 amide bonds. The maximum Gasteiger partial charge on any atom is 0.268 e. The molecular formula is C15H16N2O2. The molecule has 0 atom stereocenters. The van der Waals surface area contributed by atoms with Gasteiger partial charge in [-0.15, -0.1) is 0 Å². The number of aryl methyl sites for hydroxylation is 2. The third-order valence-electron chi connectivity index (χ3n) is 3.32. The molecule has 19 heavy (non-hydrogen) atoms. The van der Waals surface area contributed by atoms with Crippen LogP contribution in [0.3, 0.4) is 0 Å². The first-order valence-electron chi connectivity index (χ1n) is 6.24. The lowest BCUT2D eigenvalue weighted by Crippen LogP contribution is -2.22. The van der Waals surface area contributed by atoms with Gasteiger partial charge in [0.1, 0.15) is 17.4 Å². The number of benzene rings is 1. The molecule has 0 saturated carbocycles. The zero-order valence-corrected chi connectivity index (χ0v) is 11.4. The highest BCUT2D eigenvalue weighted by Crippen LogP contribution is 2.29. The maximum absolute atomic E-state index is 12.2. The summed E-state index contributed by atoms with van der Waals surface area (Å²) in [6, 6.07) is 7.62. The summed E-state index contributed by atoms with van der Waals surface area (Å²) in [5, 5.41) is 10.1. The van der Waals surface area contributed by atoms with Crippen LogP contribution in [0.15, 0.2) is 23.0 Å². The van der Waals surface area contributed by atoms with E-state index in [1.165, 1.54) is 4.57 Å². The molecule has 98 valence electrons. The first-order chi connectivity index (χ1) is 9.15. The molecule has 4 heteroatoms. The Morgan fingerprint density at radius 2 is 2.16 bits per heavy atom. The van der Waals surface area contributed by atoms with Gasteiger partial charge in [0.05, 0.1) is 12.6 Å². The first-order valence-corrected chi connectivity index (χ1v) is 6.24. The summed E-state index contributed by atoms with van der Waals surface area (Å²) in [6.07, 6.45) is 1.56. The number of nitriles is 1. The minimum atomic E-state index is -0.244. The van der Waals surface area contributed by atoms with Crippen LogP contribution in [-0.2, 0) is 13.5 Å². The van der Waals surface area contributed by atoms with Gasteiger partial charge in [0.15, 0.2) is 0 Å². The lowest BCUT2D eigenvalue weighted by molar-refractivity contribution is 0.419. The van der Waals surface area contributed by atoms with Crippen LogP contribution in [0.2, 0.25) is 0 Å². The normalized spacial score (nSPS) is 10.4. The number of hydrogen-bond donors (Lipinski definition) is 0. The Kier molecular flexibility index (Phi) is 3.57. The summed E-state index contributed by atoms with van der Waals surface area (Å²) >= 11 is 0. The third kappa shape index (κ3) is 1.97. The van der Waals surface area contributed by atoms with Crippen LogP contribution >= 0.6 is 0 Å². The number of ether oxygens (including phenoxy) is 1. The fourth-order valence-corrected chi connectivity index (χ4v) is 2.42. The zero-order valence-electron chi connectivity index (χ0n) is 11.4. The van der Waals surface area contributed by atoms with Crippen molar-refractivity contribution >= 4 is 10.9 Å². The van der Waals surface area contributed by atoms with Crippen LogP contribution < -0.4 is 10.3 Å². The number of aromatic nitrogens is 1. The van der Waals surface area contributed by atoms with E-state index >= 15 is 0 Å². The van der Waals surface area contributed by atoms with Gasteiger partial charge >= 0.3 is 0 Å². The number of methoxy groups -OCH3 is 1. The van der Waals surface area contributed by atoms with Crippen LogP contribution in [0, 0.1) is 11.3 Å². The first kappa shape index (κ1) is 13.2. The molecule has 0 N–H and O–H groups in total. The standard InChI is InChI=1S/C15H16N2O2/c1-4-6-10-11(9-16)15(18)17(2)12-7-5-8-13(19-3)14(10)12/h5,7-8H,4,6H2,1-3H3. The molecule has 1 aromatic carbocycles. The van der Waals surface area contributed by atoms with Gasteiger partial charge in [0, 0.05) is 12.4 Å². The van der Waals surface area contributed by atoms with Crippen LogP contribution in [0.4, 0.5) is 0 Å². The highest BCUT2D eigenvalue weighted by molar-refractivity contribution is 5.90. The number of nitrogens with zero attached hydrogens (tertiary/aromatic N) is 2. The molecule has 1 heterocycles. The van der Waals surface area contributed by atoms with Crippen molar-refractivity contribution in [3.05, 3.63) is 39.7 Å². The lowest BCUT2D eigenvalue weighted by Gasteiger charge is -2.14. The second kappa shape index (κ2) is 5.15. The van der Waals surface area contributed by atoms with Crippen molar-refractivity contribution in [2.75, 3.05) is 7.11 Å². The molecule has 0 aliphatic heterocycles. The average molecular weight is 256 g/mol. The second-order valence-electron chi connectivity index (χ2n) is 4.43. The minimum absolute atomic E-state index is 0.223. The van der Waals surface area contributed by atoms with Crippen molar-refractivity contribution in [1.29, 1.82) is 5.26 Å². The smallest absolute Gasteiger partial charge is 0.268 e. The van der Waals surface area contributed by atoms with Crippen molar-refractivity contribution in [2.24, 2.45) is 7.05 Å². The predicted octanol–water partition coefficient (Wildman–Crippen LogP) is 2.37. The SMILES string of the molecule is CCCc1c(C#N)c(=O)n(C)c2cccc(OC)c12. The molecule has 0 radical (unpaired) electrons. The van der Waals surface area contributed by atoms with E-state index in [2.05, 4.69) is 0 Å². The number of hydrogen-bond acceptors (Lipinski definition) is 3. The average Bonchev–Trinajstić information content (AvgIpc) is 2.44. The van der Waals surface area contributed by atoms with Gasteiger partial charge in [-0.05, 0) is 24.1 Å². The van der Waals surface area contributed by atoms with Crippen molar-refractivity contribution in [2.45, 2.75) is 19.8 Å². The molecule has 1 aromatic heterocycles. The number of fused-ring (bicyclic) bond motifs is 1. The molecule has 0 fully saturated rings. The molecule has 0 saturated heterocycles. The molecule has 2 aromatic rings. The Labute approximate surface area is 111 Å². The molecule has 0 aliphatic rings. The van der Waals surface area contributed by atoms with E-state index in [-0.39, 0.29) is 11.1 Å². The monoisotopic (exact) mass is 256 g/mol. The molecule has 0 spiro atoms. The van der Waals surface area contributed by atoms with Crippen molar-refractivity contribution in [1.82, 2.24) is 4.57 Å². The van der Waals surface area contributed by atoms with Gasteiger partial charge in [-0.2, -0.15) is 5.26 Å². The van der Waals surface area contributed by atoms with Gasteiger partial charge in [-0.25, -0.2) is 0 Å². The largest absolute Gasteiger partial charge is 0.496 e. The number of rotatable bonds is 3. The molecular weight excluding hydrogens is 240 g/mol. The summed E-state index contributed by atoms with van der Waals surface area (Å²) in [5.41, 5.74) is 1.57. The Bertz CT molecular complexity index is 723. The fraction of sp³-hybridized carbons (Fsp3) is 0.333. The molecule has 0 unspecified atom stereocenters. The van der Waals surface area contributed by atoms with Gasteiger partial charge in [-0.1, -0.05) is 19.4 Å². The van der Waals surface area contributed by atoms with E-state index in [1.807, 2.05) is 31.2 Å². The maximum atomic E-state index is 12.2. The Hall–Kier alpha value is -2.28. The molecule has 0 bridgehead atoms. The molecule has 4 nitrogen and oxygen atoms in total. The Balaban J connectivity index is 3.05. The Morgan fingerprint density at radius 1 is 1.42 bits per heavy atom. The highest BCUT2D eigenvalue weighted by atomic mass is 16.5. The molecule has 0 aliphatic carbocycles. The van der Waals surface area contributed by atoms with Gasteiger partial charge < -0.3 is 9.30 Å². The van der Waals surface area contributed by atoms with E-state index in [0.717, 1.165) is 22.9 Å². The van der Waals surface area contributed by atoms with Crippen LogP contribution in [-0.4, -0.2) is 11.7 Å². The Morgan fingerprint density at radius 3 is 2.74 bits per heavy atom. The van der Waals surface area contributed by atoms with Crippen LogP contribution in [0.25, 0.3) is 10.9 Å². The third-order valence-corrected chi connectivity index (χ3v) is 3.32. The number of pyridine rings is 1. The summed E-state index contributed by atoms with van der Waals surface area (Å²) in [4.78, 5) is 12.2. The quantitative estimate of drug-likeness (QED) is 0.847. The lowest BCUT2D eigenvalue weighted by atomic mass is 9.99. The fourth-order valence-electron chi connectivity index (χ4n) is 2.42. The van der Waals surface area contributed by atoms with E-state index in [0.29, 0.717) is 12.2 Å². The topological polar surface area (TPSA) is 55.0 Å². The second-order valence-corrected chi connectivity index (χ2v) is 4.43. The highest BCUT2D eigenvalue weighted by Gasteiger charge is 2.17. The van der Waals surface area contributed by atoms with E-state index in [4.69, 9.17) is 4.74 Å². The van der Waals surface area contributed by atoms with Gasteiger partial charge in [0.2, 0.25) is 0 Å². The van der Waals surface area contributed by atoms with E-state index < -0.39 is 0 Å². The van der Waals surface area contributed by atoms with E-state index in [9.17, 15) is 10.1 Å². The van der Waals surface area contributed by atoms with Crippen LogP contribution in [0.5, 0.6) is 5.75 Å². The van der Waals surface area contributed by atoms with Crippen molar-refractivity contribution in [3.63, 3.8) is 0 Å². The summed E-state index contributed by atoms with van der Waals surface area (Å²) in [5.74, 6) is 0.702. The summed E-state index contributed by atoms with van der Waals surface area (Å²) in [6.45, 7) is 2.03. The molecule has 2 rings (SSSR count). The van der Waals surface area contributed by atoms with Crippen molar-refractivity contribution < 1.29 is 4.74 Å². The minimum Gasteiger partial charge on any atom is -0.496 e.